The van der Waals surface area contributed by atoms with E-state index in [0.29, 0.717) is 24.4 Å². The summed E-state index contributed by atoms with van der Waals surface area (Å²) in [6.07, 6.45) is 2.05. The highest BCUT2D eigenvalue weighted by Gasteiger charge is 2.29. The van der Waals surface area contributed by atoms with E-state index in [4.69, 9.17) is 9.26 Å². The number of nitrogens with zero attached hydrogens (tertiary/aromatic N) is 2. The Bertz CT molecular complexity index is 695. The van der Waals surface area contributed by atoms with Gasteiger partial charge < -0.3 is 14.2 Å². The minimum Gasteiger partial charge on any atom is -0.459 e. The molecule has 3 rings (SSSR count). The highest BCUT2D eigenvalue weighted by Crippen LogP contribution is 2.25. The molecule has 0 N–H and O–H groups in total. The molecule has 3 heterocycles. The first-order chi connectivity index (χ1) is 11.7. The van der Waals surface area contributed by atoms with E-state index < -0.39 is 0 Å². The van der Waals surface area contributed by atoms with Crippen molar-refractivity contribution >= 4 is 23.2 Å². The van der Waals surface area contributed by atoms with E-state index in [-0.39, 0.29) is 24.4 Å². The van der Waals surface area contributed by atoms with Crippen LogP contribution in [0.5, 0.6) is 0 Å². The molecule has 0 radical (unpaired) electrons. The van der Waals surface area contributed by atoms with E-state index in [1.165, 1.54) is 0 Å². The van der Waals surface area contributed by atoms with Crippen molar-refractivity contribution in [1.29, 1.82) is 0 Å². The van der Waals surface area contributed by atoms with Gasteiger partial charge in [0.15, 0.2) is 5.76 Å². The molecular formula is C17H20N2O4S. The van der Waals surface area contributed by atoms with Crippen LogP contribution < -0.4 is 0 Å². The standard InChI is InChI=1S/C17H20N2O4S/c1-2-16(20)19-7-3-5-12(10-19)17(21)22-11-13-9-14(23-18-13)15-6-4-8-24-15/h4,6,8-9,12H,2-3,5,7,10-11H2,1H3. The summed E-state index contributed by atoms with van der Waals surface area (Å²) in [6.45, 7) is 3.10. The number of rotatable bonds is 5. The number of carbonyl (C=O) groups is 2. The highest BCUT2D eigenvalue weighted by atomic mass is 32.1. The topological polar surface area (TPSA) is 72.6 Å². The van der Waals surface area contributed by atoms with Gasteiger partial charge in [-0.2, -0.15) is 0 Å². The van der Waals surface area contributed by atoms with Crippen molar-refractivity contribution in [3.63, 3.8) is 0 Å². The Hall–Kier alpha value is -2.15. The van der Waals surface area contributed by atoms with Crippen LogP contribution in [0.4, 0.5) is 0 Å². The molecule has 7 heteroatoms. The first kappa shape index (κ1) is 16.7. The molecule has 24 heavy (non-hydrogen) atoms. The van der Waals surface area contributed by atoms with Gasteiger partial charge in [0, 0.05) is 25.6 Å². The lowest BCUT2D eigenvalue weighted by Gasteiger charge is -2.31. The van der Waals surface area contributed by atoms with Crippen molar-refractivity contribution < 1.29 is 18.8 Å². The lowest BCUT2D eigenvalue weighted by Crippen LogP contribution is -2.42. The molecule has 2 aromatic rings. The largest absolute Gasteiger partial charge is 0.459 e. The summed E-state index contributed by atoms with van der Waals surface area (Å²) in [7, 11) is 0. The van der Waals surface area contributed by atoms with Crippen LogP contribution in [0.15, 0.2) is 28.1 Å². The fraction of sp³-hybridized carbons (Fsp3) is 0.471. The Labute approximate surface area is 144 Å². The van der Waals surface area contributed by atoms with Gasteiger partial charge >= 0.3 is 5.97 Å². The van der Waals surface area contributed by atoms with Crippen LogP contribution in [0.2, 0.25) is 0 Å². The Kier molecular flexibility index (Phi) is 5.30. The van der Waals surface area contributed by atoms with Crippen LogP contribution in [0.25, 0.3) is 10.6 Å². The number of esters is 1. The molecule has 1 aliphatic rings. The SMILES string of the molecule is CCC(=O)N1CCCC(C(=O)OCc2cc(-c3cccs3)on2)C1. The van der Waals surface area contributed by atoms with Gasteiger partial charge in [-0.25, -0.2) is 0 Å². The first-order valence-corrected chi connectivity index (χ1v) is 8.99. The van der Waals surface area contributed by atoms with Crippen LogP contribution in [0.3, 0.4) is 0 Å². The molecule has 1 fully saturated rings. The highest BCUT2D eigenvalue weighted by molar-refractivity contribution is 7.13. The van der Waals surface area contributed by atoms with Crippen molar-refractivity contribution in [2.45, 2.75) is 32.8 Å². The summed E-state index contributed by atoms with van der Waals surface area (Å²) in [5, 5.41) is 5.90. The summed E-state index contributed by atoms with van der Waals surface area (Å²) < 4.78 is 10.6. The number of likely N-dealkylation sites (tertiary alicyclic amines) is 1. The third-order valence-corrected chi connectivity index (χ3v) is 4.98. The van der Waals surface area contributed by atoms with Crippen molar-refractivity contribution in [2.24, 2.45) is 5.92 Å². The predicted molar refractivity (Wildman–Crippen MR) is 89.2 cm³/mol. The van der Waals surface area contributed by atoms with E-state index in [1.54, 1.807) is 22.3 Å². The maximum Gasteiger partial charge on any atom is 0.311 e. The van der Waals surface area contributed by atoms with Gasteiger partial charge in [0.25, 0.3) is 0 Å². The third kappa shape index (κ3) is 3.84. The molecule has 1 unspecified atom stereocenters. The molecule has 1 amide bonds. The van der Waals surface area contributed by atoms with Crippen molar-refractivity contribution in [2.75, 3.05) is 13.1 Å². The summed E-state index contributed by atoms with van der Waals surface area (Å²) in [4.78, 5) is 26.8. The zero-order chi connectivity index (χ0) is 16.9. The Morgan fingerprint density at radius 1 is 1.50 bits per heavy atom. The molecule has 2 aromatic heterocycles. The fourth-order valence-corrected chi connectivity index (χ4v) is 3.47. The van der Waals surface area contributed by atoms with E-state index >= 15 is 0 Å². The molecule has 128 valence electrons. The normalized spacial score (nSPS) is 17.7. The third-order valence-electron chi connectivity index (χ3n) is 4.10. The quantitative estimate of drug-likeness (QED) is 0.776. The second kappa shape index (κ2) is 7.61. The second-order valence-corrected chi connectivity index (χ2v) is 6.75. The van der Waals surface area contributed by atoms with Gasteiger partial charge in [-0.1, -0.05) is 18.1 Å². The summed E-state index contributed by atoms with van der Waals surface area (Å²) in [5.74, 6) is 0.236. The number of carbonyl (C=O) groups excluding carboxylic acids is 2. The van der Waals surface area contributed by atoms with E-state index in [2.05, 4.69) is 5.16 Å². The molecule has 1 atom stereocenters. The Morgan fingerprint density at radius 2 is 2.38 bits per heavy atom. The maximum atomic E-state index is 12.2. The number of ether oxygens (including phenoxy) is 1. The van der Waals surface area contributed by atoms with Gasteiger partial charge in [0.2, 0.25) is 5.91 Å². The van der Waals surface area contributed by atoms with Crippen LogP contribution in [-0.4, -0.2) is 35.0 Å². The van der Waals surface area contributed by atoms with Gasteiger partial charge in [0.05, 0.1) is 10.8 Å². The van der Waals surface area contributed by atoms with E-state index in [9.17, 15) is 9.59 Å². The van der Waals surface area contributed by atoms with Crippen LogP contribution in [0.1, 0.15) is 31.9 Å². The zero-order valence-electron chi connectivity index (χ0n) is 13.6. The van der Waals surface area contributed by atoms with Crippen molar-refractivity contribution in [1.82, 2.24) is 10.1 Å². The Morgan fingerprint density at radius 3 is 3.12 bits per heavy atom. The lowest BCUT2D eigenvalue weighted by atomic mass is 9.98. The van der Waals surface area contributed by atoms with Crippen molar-refractivity contribution in [3.8, 4) is 10.6 Å². The fourth-order valence-electron chi connectivity index (χ4n) is 2.80. The minimum absolute atomic E-state index is 0.0876. The molecule has 1 saturated heterocycles. The lowest BCUT2D eigenvalue weighted by molar-refractivity contribution is -0.153. The Balaban J connectivity index is 1.53. The van der Waals surface area contributed by atoms with Gasteiger partial charge in [-0.05, 0) is 24.3 Å². The average Bonchev–Trinajstić information content (AvgIpc) is 3.30. The molecule has 0 bridgehead atoms. The van der Waals surface area contributed by atoms with Crippen LogP contribution >= 0.6 is 11.3 Å². The van der Waals surface area contributed by atoms with Gasteiger partial charge in [-0.3, -0.25) is 9.59 Å². The number of hydrogen-bond acceptors (Lipinski definition) is 6. The smallest absolute Gasteiger partial charge is 0.311 e. The second-order valence-electron chi connectivity index (χ2n) is 5.80. The number of piperidine rings is 1. The number of thiophene rings is 1. The number of aromatic nitrogens is 1. The predicted octanol–water partition coefficient (Wildman–Crippen LogP) is 3.09. The summed E-state index contributed by atoms with van der Waals surface area (Å²) >= 11 is 1.56. The minimum atomic E-state index is -0.274. The van der Waals surface area contributed by atoms with E-state index in [0.717, 1.165) is 24.3 Å². The van der Waals surface area contributed by atoms with E-state index in [1.807, 2.05) is 24.4 Å². The first-order valence-electron chi connectivity index (χ1n) is 8.11. The summed E-state index contributed by atoms with van der Waals surface area (Å²) in [5.41, 5.74) is 0.587. The summed E-state index contributed by atoms with van der Waals surface area (Å²) in [6, 6.07) is 5.67. The van der Waals surface area contributed by atoms with Crippen molar-refractivity contribution in [3.05, 3.63) is 29.3 Å². The van der Waals surface area contributed by atoms with Gasteiger partial charge in [0.1, 0.15) is 12.3 Å². The molecule has 0 aliphatic carbocycles. The zero-order valence-corrected chi connectivity index (χ0v) is 14.4. The number of amides is 1. The molecule has 6 nitrogen and oxygen atoms in total. The van der Waals surface area contributed by atoms with Gasteiger partial charge in [-0.15, -0.1) is 11.3 Å². The maximum absolute atomic E-state index is 12.2. The molecular weight excluding hydrogens is 328 g/mol. The average molecular weight is 348 g/mol. The van der Waals surface area contributed by atoms with Crippen LogP contribution in [-0.2, 0) is 20.9 Å². The molecule has 0 saturated carbocycles. The molecule has 0 spiro atoms. The monoisotopic (exact) mass is 348 g/mol. The van der Waals surface area contributed by atoms with Crippen LogP contribution in [0, 0.1) is 5.92 Å². The molecule has 1 aliphatic heterocycles. The number of hydrogen-bond donors (Lipinski definition) is 0. The molecule has 0 aromatic carbocycles.